The van der Waals surface area contributed by atoms with Crippen molar-refractivity contribution in [3.05, 3.63) is 53.8 Å². The lowest BCUT2D eigenvalue weighted by molar-refractivity contribution is 0.186. The molecule has 0 radical (unpaired) electrons. The molecule has 19 heavy (non-hydrogen) atoms. The smallest absolute Gasteiger partial charge is 0.128 e. The summed E-state index contributed by atoms with van der Waals surface area (Å²) >= 11 is 0. The van der Waals surface area contributed by atoms with Crippen LogP contribution in [0, 0.1) is 5.82 Å². The SMILES string of the molecule is NC(O)c1ccc2[nH]nc(-c3ccc(F)cc3)c2c1. The zero-order chi connectivity index (χ0) is 13.4. The summed E-state index contributed by atoms with van der Waals surface area (Å²) in [5, 5.41) is 17.4. The van der Waals surface area contributed by atoms with Crippen molar-refractivity contribution in [1.29, 1.82) is 0 Å². The van der Waals surface area contributed by atoms with E-state index in [1.165, 1.54) is 12.1 Å². The van der Waals surface area contributed by atoms with Crippen LogP contribution in [0.1, 0.15) is 11.8 Å². The van der Waals surface area contributed by atoms with Crippen molar-refractivity contribution in [2.75, 3.05) is 0 Å². The molecule has 3 rings (SSSR count). The van der Waals surface area contributed by atoms with Gasteiger partial charge in [0, 0.05) is 10.9 Å². The Morgan fingerprint density at radius 1 is 1.16 bits per heavy atom. The molecular weight excluding hydrogens is 245 g/mol. The van der Waals surface area contributed by atoms with E-state index in [-0.39, 0.29) is 5.82 Å². The van der Waals surface area contributed by atoms with Gasteiger partial charge in [-0.05, 0) is 42.0 Å². The summed E-state index contributed by atoms with van der Waals surface area (Å²) < 4.78 is 12.9. The molecular formula is C14H12FN3O. The number of nitrogens with zero attached hydrogens (tertiary/aromatic N) is 1. The Labute approximate surface area is 108 Å². The van der Waals surface area contributed by atoms with Crippen molar-refractivity contribution < 1.29 is 9.50 Å². The first-order valence-corrected chi connectivity index (χ1v) is 5.83. The van der Waals surface area contributed by atoms with Gasteiger partial charge in [0.25, 0.3) is 0 Å². The number of hydrogen-bond donors (Lipinski definition) is 3. The molecule has 96 valence electrons. The lowest BCUT2D eigenvalue weighted by atomic mass is 10.1. The average molecular weight is 257 g/mol. The van der Waals surface area contributed by atoms with E-state index in [0.29, 0.717) is 11.3 Å². The third-order valence-corrected chi connectivity index (χ3v) is 3.05. The average Bonchev–Trinajstić information content (AvgIpc) is 2.82. The molecule has 0 spiro atoms. The van der Waals surface area contributed by atoms with E-state index < -0.39 is 6.23 Å². The summed E-state index contributed by atoms with van der Waals surface area (Å²) in [6.45, 7) is 0. The van der Waals surface area contributed by atoms with E-state index in [4.69, 9.17) is 5.73 Å². The van der Waals surface area contributed by atoms with Crippen molar-refractivity contribution >= 4 is 10.9 Å². The van der Waals surface area contributed by atoms with Crippen LogP contribution in [0.15, 0.2) is 42.5 Å². The Bertz CT molecular complexity index is 719. The number of aromatic amines is 1. The molecule has 1 heterocycles. The second-order valence-electron chi connectivity index (χ2n) is 4.33. The van der Waals surface area contributed by atoms with Crippen LogP contribution in [0.2, 0.25) is 0 Å². The molecule has 4 N–H and O–H groups in total. The second-order valence-corrected chi connectivity index (χ2v) is 4.33. The van der Waals surface area contributed by atoms with E-state index in [9.17, 15) is 9.50 Å². The molecule has 1 unspecified atom stereocenters. The summed E-state index contributed by atoms with van der Waals surface area (Å²) in [4.78, 5) is 0. The minimum atomic E-state index is -1.03. The fraction of sp³-hybridized carbons (Fsp3) is 0.0714. The topological polar surface area (TPSA) is 74.9 Å². The maximum atomic E-state index is 12.9. The second kappa shape index (κ2) is 4.46. The molecule has 0 bridgehead atoms. The molecule has 1 atom stereocenters. The highest BCUT2D eigenvalue weighted by Gasteiger charge is 2.10. The van der Waals surface area contributed by atoms with Gasteiger partial charge in [-0.1, -0.05) is 6.07 Å². The largest absolute Gasteiger partial charge is 0.375 e. The summed E-state index contributed by atoms with van der Waals surface area (Å²) in [6, 6.07) is 11.4. The van der Waals surface area contributed by atoms with Gasteiger partial charge in [-0.2, -0.15) is 5.10 Å². The van der Waals surface area contributed by atoms with Crippen LogP contribution in [0.25, 0.3) is 22.2 Å². The molecule has 2 aromatic carbocycles. The number of hydrogen-bond acceptors (Lipinski definition) is 3. The molecule has 1 aromatic heterocycles. The number of rotatable bonds is 2. The molecule has 0 saturated carbocycles. The lowest BCUT2D eigenvalue weighted by Gasteiger charge is -2.04. The van der Waals surface area contributed by atoms with Gasteiger partial charge < -0.3 is 10.8 Å². The molecule has 0 fully saturated rings. The first-order chi connectivity index (χ1) is 9.15. The Kier molecular flexibility index (Phi) is 2.77. The van der Waals surface area contributed by atoms with Gasteiger partial charge in [-0.25, -0.2) is 4.39 Å². The lowest BCUT2D eigenvalue weighted by Crippen LogP contribution is -2.07. The standard InChI is InChI=1S/C14H12FN3O/c15-10-4-1-8(2-5-10)13-11-7-9(14(16)19)3-6-12(11)17-18-13/h1-7,14,19H,16H2,(H,17,18). The summed E-state index contributed by atoms with van der Waals surface area (Å²) in [6.07, 6.45) is -1.03. The highest BCUT2D eigenvalue weighted by Crippen LogP contribution is 2.28. The summed E-state index contributed by atoms with van der Waals surface area (Å²) in [5.74, 6) is -0.290. The third-order valence-electron chi connectivity index (χ3n) is 3.05. The molecule has 5 heteroatoms. The number of nitrogens with two attached hydrogens (primary N) is 1. The van der Waals surface area contributed by atoms with E-state index in [1.54, 1.807) is 30.3 Å². The Morgan fingerprint density at radius 2 is 1.89 bits per heavy atom. The van der Waals surface area contributed by atoms with Gasteiger partial charge in [0.05, 0.1) is 11.2 Å². The van der Waals surface area contributed by atoms with Gasteiger partial charge in [0.1, 0.15) is 12.0 Å². The first-order valence-electron chi connectivity index (χ1n) is 5.83. The molecule has 0 aliphatic carbocycles. The Hall–Kier alpha value is -2.24. The number of aliphatic hydroxyl groups excluding tert-OH is 1. The van der Waals surface area contributed by atoms with E-state index >= 15 is 0 Å². The predicted molar refractivity (Wildman–Crippen MR) is 70.6 cm³/mol. The Morgan fingerprint density at radius 3 is 2.58 bits per heavy atom. The maximum absolute atomic E-state index is 12.9. The number of benzene rings is 2. The molecule has 0 saturated heterocycles. The Balaban J connectivity index is 2.18. The summed E-state index contributed by atoms with van der Waals surface area (Å²) in [7, 11) is 0. The molecule has 4 nitrogen and oxygen atoms in total. The van der Waals surface area contributed by atoms with Gasteiger partial charge >= 0.3 is 0 Å². The van der Waals surface area contributed by atoms with Gasteiger partial charge in [-0.3, -0.25) is 5.10 Å². The zero-order valence-corrected chi connectivity index (χ0v) is 9.97. The summed E-state index contributed by atoms with van der Waals surface area (Å²) in [5.41, 5.74) is 8.41. The number of halogens is 1. The van der Waals surface area contributed by atoms with Gasteiger partial charge in [0.2, 0.25) is 0 Å². The highest BCUT2D eigenvalue weighted by atomic mass is 19.1. The number of nitrogens with one attached hydrogen (secondary N) is 1. The molecule has 0 aliphatic heterocycles. The quantitative estimate of drug-likeness (QED) is 0.617. The fourth-order valence-electron chi connectivity index (χ4n) is 2.04. The van der Waals surface area contributed by atoms with E-state index in [1.807, 2.05) is 0 Å². The van der Waals surface area contributed by atoms with Crippen molar-refractivity contribution in [3.63, 3.8) is 0 Å². The third kappa shape index (κ3) is 2.09. The number of aliphatic hydroxyl groups is 1. The van der Waals surface area contributed by atoms with Crippen molar-refractivity contribution in [2.24, 2.45) is 5.73 Å². The van der Waals surface area contributed by atoms with Crippen LogP contribution in [-0.4, -0.2) is 15.3 Å². The first kappa shape index (κ1) is 11.8. The molecule has 3 aromatic rings. The predicted octanol–water partition coefficient (Wildman–Crippen LogP) is 2.32. The van der Waals surface area contributed by atoms with Crippen LogP contribution in [-0.2, 0) is 0 Å². The fourth-order valence-corrected chi connectivity index (χ4v) is 2.04. The zero-order valence-electron chi connectivity index (χ0n) is 9.97. The highest BCUT2D eigenvalue weighted by molar-refractivity contribution is 5.93. The van der Waals surface area contributed by atoms with Crippen molar-refractivity contribution in [1.82, 2.24) is 10.2 Å². The monoisotopic (exact) mass is 257 g/mol. The molecule has 0 amide bonds. The minimum Gasteiger partial charge on any atom is -0.375 e. The van der Waals surface area contributed by atoms with Crippen LogP contribution in [0.5, 0.6) is 0 Å². The number of fused-ring (bicyclic) bond motifs is 1. The van der Waals surface area contributed by atoms with Crippen molar-refractivity contribution in [3.8, 4) is 11.3 Å². The van der Waals surface area contributed by atoms with Crippen LogP contribution >= 0.6 is 0 Å². The van der Waals surface area contributed by atoms with Crippen LogP contribution in [0.3, 0.4) is 0 Å². The number of aromatic nitrogens is 2. The van der Waals surface area contributed by atoms with E-state index in [2.05, 4.69) is 10.2 Å². The maximum Gasteiger partial charge on any atom is 0.128 e. The van der Waals surface area contributed by atoms with Crippen LogP contribution < -0.4 is 5.73 Å². The van der Waals surface area contributed by atoms with Gasteiger partial charge in [-0.15, -0.1) is 0 Å². The normalized spacial score (nSPS) is 12.8. The number of H-pyrrole nitrogens is 1. The molecule has 0 aliphatic rings. The van der Waals surface area contributed by atoms with Gasteiger partial charge in [0.15, 0.2) is 0 Å². The van der Waals surface area contributed by atoms with Crippen molar-refractivity contribution in [2.45, 2.75) is 6.23 Å². The van der Waals surface area contributed by atoms with E-state index in [0.717, 1.165) is 16.5 Å². The minimum absolute atomic E-state index is 0.290. The van der Waals surface area contributed by atoms with Crippen LogP contribution in [0.4, 0.5) is 4.39 Å².